The van der Waals surface area contributed by atoms with Crippen LogP contribution in [0.1, 0.15) is 17.0 Å². The lowest BCUT2D eigenvalue weighted by Crippen LogP contribution is -2.20. The predicted octanol–water partition coefficient (Wildman–Crippen LogP) is 3.13. The molecule has 1 heterocycles. The van der Waals surface area contributed by atoms with Crippen molar-refractivity contribution in [1.29, 1.82) is 5.26 Å². The van der Waals surface area contributed by atoms with Gasteiger partial charge in [-0.25, -0.2) is 0 Å². The van der Waals surface area contributed by atoms with Crippen molar-refractivity contribution in [3.63, 3.8) is 0 Å². The summed E-state index contributed by atoms with van der Waals surface area (Å²) in [6.07, 6.45) is -11.6. The maximum Gasteiger partial charge on any atom is 0.448 e. The molecule has 0 saturated heterocycles. The zero-order chi connectivity index (χ0) is 14.8. The molecule has 1 rings (SSSR count). The van der Waals surface area contributed by atoms with E-state index in [1.165, 1.54) is 6.07 Å². The maximum atomic E-state index is 12.6. The Morgan fingerprint density at radius 1 is 1.05 bits per heavy atom. The smallest absolute Gasteiger partial charge is 0.394 e. The first kappa shape index (κ1) is 14.7. The van der Waals surface area contributed by atoms with Crippen LogP contribution < -0.4 is 0 Å². The highest BCUT2D eigenvalue weighted by atomic mass is 19.4. The first-order valence-electron chi connectivity index (χ1n) is 4.41. The van der Waals surface area contributed by atoms with Gasteiger partial charge in [0.2, 0.25) is 11.4 Å². The molecule has 4 nitrogen and oxygen atoms in total. The molecule has 0 aliphatic rings. The summed E-state index contributed by atoms with van der Waals surface area (Å²) in [5.74, 6) is -1.28. The van der Waals surface area contributed by atoms with Crippen molar-refractivity contribution >= 4 is 5.95 Å². The van der Waals surface area contributed by atoms with Crippen LogP contribution >= 0.6 is 0 Å². The van der Waals surface area contributed by atoms with Gasteiger partial charge in [0, 0.05) is 0 Å². The molecule has 0 unspecified atom stereocenters. The van der Waals surface area contributed by atoms with Crippen LogP contribution in [-0.4, -0.2) is 9.97 Å². The number of aromatic nitrogens is 2. The van der Waals surface area contributed by atoms with E-state index >= 15 is 0 Å². The standard InChI is InChI=1S/C9H2F6N4/c1-17-7-18-5(8(10,11)12)4(2-3-16)6(19-7)9(13,14)15/h2H2. The maximum absolute atomic E-state index is 12.6. The third-order valence-electron chi connectivity index (χ3n) is 1.89. The van der Waals surface area contributed by atoms with E-state index in [0.29, 0.717) is 0 Å². The number of nitrogens with zero attached hydrogens (tertiary/aromatic N) is 4. The Morgan fingerprint density at radius 3 is 1.74 bits per heavy atom. The molecule has 0 radical (unpaired) electrons. The minimum absolute atomic E-state index is 1.16. The van der Waals surface area contributed by atoms with Crippen LogP contribution in [0.2, 0.25) is 0 Å². The second-order valence-corrected chi connectivity index (χ2v) is 3.14. The summed E-state index contributed by atoms with van der Waals surface area (Å²) in [6, 6.07) is 1.19. The van der Waals surface area contributed by atoms with Crippen molar-refractivity contribution < 1.29 is 26.3 Å². The fourth-order valence-electron chi connectivity index (χ4n) is 1.24. The van der Waals surface area contributed by atoms with Gasteiger partial charge in [0.15, 0.2) is 0 Å². The highest BCUT2D eigenvalue weighted by Gasteiger charge is 2.46. The summed E-state index contributed by atoms with van der Waals surface area (Å²) in [4.78, 5) is 7.79. The normalized spacial score (nSPS) is 11.8. The van der Waals surface area contributed by atoms with Gasteiger partial charge in [0.1, 0.15) is 0 Å². The third kappa shape index (κ3) is 3.10. The minimum atomic E-state index is -5.21. The molecule has 0 fully saturated rings. The molecule has 1 aromatic heterocycles. The summed E-state index contributed by atoms with van der Waals surface area (Å²) >= 11 is 0. The SMILES string of the molecule is [C-]#[N+]c1nc(C(F)(F)F)c(CC#N)c(C(F)(F)F)n1. The van der Waals surface area contributed by atoms with Gasteiger partial charge < -0.3 is 4.85 Å². The molecule has 0 aliphatic heterocycles. The van der Waals surface area contributed by atoms with Crippen molar-refractivity contribution in [3.8, 4) is 6.07 Å². The Hall–Kier alpha value is -2.36. The van der Waals surface area contributed by atoms with E-state index in [2.05, 4.69) is 14.8 Å². The second kappa shape index (κ2) is 4.72. The van der Waals surface area contributed by atoms with Gasteiger partial charge >= 0.3 is 18.3 Å². The van der Waals surface area contributed by atoms with E-state index in [1.807, 2.05) is 0 Å². The monoisotopic (exact) mass is 280 g/mol. The van der Waals surface area contributed by atoms with Crippen molar-refractivity contribution in [2.24, 2.45) is 0 Å². The van der Waals surface area contributed by atoms with Crippen molar-refractivity contribution in [2.45, 2.75) is 18.8 Å². The molecule has 0 bridgehead atoms. The van der Waals surface area contributed by atoms with E-state index in [9.17, 15) is 26.3 Å². The molecule has 19 heavy (non-hydrogen) atoms. The number of alkyl halides is 6. The molecule has 0 saturated carbocycles. The highest BCUT2D eigenvalue weighted by Crippen LogP contribution is 2.38. The van der Waals surface area contributed by atoms with Crippen molar-refractivity contribution in [1.82, 2.24) is 9.97 Å². The summed E-state index contributed by atoms with van der Waals surface area (Å²) in [7, 11) is 0. The Balaban J connectivity index is 3.73. The van der Waals surface area contributed by atoms with E-state index in [4.69, 9.17) is 11.8 Å². The Morgan fingerprint density at radius 2 is 1.47 bits per heavy atom. The Kier molecular flexibility index (Phi) is 3.65. The van der Waals surface area contributed by atoms with Gasteiger partial charge in [0.05, 0.1) is 18.1 Å². The minimum Gasteiger partial charge on any atom is -0.394 e. The largest absolute Gasteiger partial charge is 0.448 e. The van der Waals surface area contributed by atoms with E-state index in [1.54, 1.807) is 0 Å². The predicted molar refractivity (Wildman–Crippen MR) is 47.6 cm³/mol. The lowest BCUT2D eigenvalue weighted by atomic mass is 10.1. The van der Waals surface area contributed by atoms with E-state index in [0.717, 1.165) is 0 Å². The Labute approximate surface area is 102 Å². The molecule has 10 heteroatoms. The number of hydrogen-bond donors (Lipinski definition) is 0. The van der Waals surface area contributed by atoms with Gasteiger partial charge in [-0.05, 0) is 0 Å². The van der Waals surface area contributed by atoms with Gasteiger partial charge in [-0.2, -0.15) is 31.6 Å². The molecule has 0 aromatic carbocycles. The van der Waals surface area contributed by atoms with E-state index < -0.39 is 41.7 Å². The lowest BCUT2D eigenvalue weighted by molar-refractivity contribution is -0.148. The number of rotatable bonds is 1. The van der Waals surface area contributed by atoms with Crippen LogP contribution in [0, 0.1) is 17.9 Å². The molecule has 0 spiro atoms. The van der Waals surface area contributed by atoms with Crippen LogP contribution in [0.3, 0.4) is 0 Å². The van der Waals surface area contributed by atoms with Gasteiger partial charge in [0.25, 0.3) is 0 Å². The zero-order valence-electron chi connectivity index (χ0n) is 8.76. The quantitative estimate of drug-likeness (QED) is 0.586. The highest BCUT2D eigenvalue weighted by molar-refractivity contribution is 5.39. The molecule has 100 valence electrons. The summed E-state index contributed by atoms with van der Waals surface area (Å²) in [5.41, 5.74) is -5.21. The fourth-order valence-corrected chi connectivity index (χ4v) is 1.24. The van der Waals surface area contributed by atoms with Gasteiger partial charge in [-0.1, -0.05) is 0 Å². The van der Waals surface area contributed by atoms with Crippen LogP contribution in [0.25, 0.3) is 4.85 Å². The molecule has 0 N–H and O–H groups in total. The lowest BCUT2D eigenvalue weighted by Gasteiger charge is -2.12. The number of halogens is 6. The van der Waals surface area contributed by atoms with Crippen LogP contribution in [0.4, 0.5) is 32.3 Å². The summed E-state index contributed by atoms with van der Waals surface area (Å²) in [6.45, 7) is 6.42. The fraction of sp³-hybridized carbons (Fsp3) is 0.333. The van der Waals surface area contributed by atoms with E-state index in [-0.39, 0.29) is 0 Å². The number of hydrogen-bond acceptors (Lipinski definition) is 3. The summed E-state index contributed by atoms with van der Waals surface area (Å²) < 4.78 is 75.5. The third-order valence-corrected chi connectivity index (χ3v) is 1.89. The molecular weight excluding hydrogens is 278 g/mol. The molecular formula is C9H2F6N4. The number of nitriles is 1. The average Bonchev–Trinajstić information content (AvgIpc) is 2.26. The first-order valence-corrected chi connectivity index (χ1v) is 4.41. The average molecular weight is 280 g/mol. The zero-order valence-corrected chi connectivity index (χ0v) is 8.76. The van der Waals surface area contributed by atoms with Crippen LogP contribution in [0.15, 0.2) is 0 Å². The molecule has 0 atom stereocenters. The molecule has 0 aliphatic carbocycles. The molecule has 0 amide bonds. The van der Waals surface area contributed by atoms with Crippen molar-refractivity contribution in [2.75, 3.05) is 0 Å². The summed E-state index contributed by atoms with van der Waals surface area (Å²) in [5, 5.41) is 8.33. The van der Waals surface area contributed by atoms with Crippen LogP contribution in [0.5, 0.6) is 0 Å². The van der Waals surface area contributed by atoms with Crippen LogP contribution in [-0.2, 0) is 18.8 Å². The van der Waals surface area contributed by atoms with Gasteiger partial charge in [-0.3, -0.25) is 0 Å². The van der Waals surface area contributed by atoms with Gasteiger partial charge in [-0.15, -0.1) is 16.5 Å². The van der Waals surface area contributed by atoms with Crippen molar-refractivity contribution in [3.05, 3.63) is 28.4 Å². The first-order chi connectivity index (χ1) is 8.61. The molecule has 1 aromatic rings. The second-order valence-electron chi connectivity index (χ2n) is 3.14. The topological polar surface area (TPSA) is 53.9 Å². The Bertz CT molecular complexity index is 539.